The normalized spacial score (nSPS) is 18.6. The molecule has 0 bridgehead atoms. The number of hydrogen-bond donors (Lipinski definition) is 1. The average Bonchev–Trinajstić information content (AvgIpc) is 3.29. The zero-order chi connectivity index (χ0) is 21.9. The summed E-state index contributed by atoms with van der Waals surface area (Å²) in [6, 6.07) is 10.6. The Morgan fingerprint density at radius 3 is 2.34 bits per heavy atom. The van der Waals surface area contributed by atoms with Gasteiger partial charge >= 0.3 is 0 Å². The van der Waals surface area contributed by atoms with Gasteiger partial charge in [0, 0.05) is 57.4 Å². The van der Waals surface area contributed by atoms with Gasteiger partial charge in [-0.25, -0.2) is 4.98 Å². The molecule has 2 saturated heterocycles. The van der Waals surface area contributed by atoms with Crippen LogP contribution in [-0.4, -0.2) is 61.6 Å². The Bertz CT molecular complexity index is 1030. The van der Waals surface area contributed by atoms with E-state index in [-0.39, 0.29) is 6.61 Å². The van der Waals surface area contributed by atoms with E-state index in [1.165, 1.54) is 16.5 Å². The van der Waals surface area contributed by atoms with Crippen molar-refractivity contribution < 1.29 is 9.84 Å². The Kier molecular flexibility index (Phi) is 6.57. The van der Waals surface area contributed by atoms with Crippen LogP contribution in [-0.2, 0) is 4.74 Å². The Morgan fingerprint density at radius 1 is 0.969 bits per heavy atom. The quantitative estimate of drug-likeness (QED) is 0.597. The maximum atomic E-state index is 9.51. The Morgan fingerprint density at radius 2 is 1.66 bits per heavy atom. The van der Waals surface area contributed by atoms with Crippen LogP contribution in [0.2, 0.25) is 0 Å². The molecular weight excluding hydrogens is 420 g/mol. The average molecular weight is 453 g/mol. The fourth-order valence-electron chi connectivity index (χ4n) is 4.98. The molecule has 0 spiro atoms. The van der Waals surface area contributed by atoms with Crippen molar-refractivity contribution in [3.8, 4) is 11.1 Å². The number of hydrogen-bond acceptors (Lipinski definition) is 7. The van der Waals surface area contributed by atoms with E-state index < -0.39 is 0 Å². The summed E-state index contributed by atoms with van der Waals surface area (Å²) in [5.41, 5.74) is 2.44. The van der Waals surface area contributed by atoms with Crippen molar-refractivity contribution in [2.45, 2.75) is 25.7 Å². The van der Waals surface area contributed by atoms with Gasteiger partial charge in [0.05, 0.1) is 5.39 Å². The molecule has 0 amide bonds. The van der Waals surface area contributed by atoms with Crippen molar-refractivity contribution >= 4 is 33.3 Å². The number of benzene rings is 1. The second kappa shape index (κ2) is 9.73. The first-order valence-corrected chi connectivity index (χ1v) is 12.6. The van der Waals surface area contributed by atoms with E-state index in [0.717, 1.165) is 75.1 Å². The van der Waals surface area contributed by atoms with Crippen molar-refractivity contribution in [3.05, 3.63) is 35.7 Å². The predicted molar refractivity (Wildman–Crippen MR) is 132 cm³/mol. The van der Waals surface area contributed by atoms with Crippen molar-refractivity contribution in [3.63, 3.8) is 0 Å². The zero-order valence-electron chi connectivity index (χ0n) is 18.7. The topological polar surface area (TPSA) is 61.7 Å². The summed E-state index contributed by atoms with van der Waals surface area (Å²) in [7, 11) is 1.80. The van der Waals surface area contributed by atoms with E-state index in [1.807, 2.05) is 0 Å². The summed E-state index contributed by atoms with van der Waals surface area (Å²) in [5, 5.41) is 12.9. The number of aromatic nitrogens is 2. The van der Waals surface area contributed by atoms with Crippen LogP contribution < -0.4 is 9.80 Å². The SMILES string of the molecule is COCC1CCN(c2nc(N3CCC(CO)CC3)nc3scc(-c4ccccc4)c23)CC1. The first-order chi connectivity index (χ1) is 15.8. The third-order valence-corrected chi connectivity index (χ3v) is 7.83. The van der Waals surface area contributed by atoms with Crippen molar-refractivity contribution in [2.75, 3.05) is 56.3 Å². The smallest absolute Gasteiger partial charge is 0.228 e. The second-order valence-electron chi connectivity index (χ2n) is 9.04. The molecule has 0 radical (unpaired) electrons. The maximum absolute atomic E-state index is 9.51. The van der Waals surface area contributed by atoms with E-state index in [0.29, 0.717) is 11.8 Å². The third kappa shape index (κ3) is 4.34. The fourth-order valence-corrected chi connectivity index (χ4v) is 5.91. The molecule has 6 nitrogen and oxygen atoms in total. The lowest BCUT2D eigenvalue weighted by Gasteiger charge is -2.35. The highest BCUT2D eigenvalue weighted by molar-refractivity contribution is 7.17. The lowest BCUT2D eigenvalue weighted by Crippen LogP contribution is -2.38. The number of aliphatic hydroxyl groups is 1. The largest absolute Gasteiger partial charge is 0.396 e. The van der Waals surface area contributed by atoms with Gasteiger partial charge in [0.25, 0.3) is 0 Å². The lowest BCUT2D eigenvalue weighted by atomic mass is 9.97. The van der Waals surface area contributed by atoms with E-state index in [1.54, 1.807) is 18.4 Å². The van der Waals surface area contributed by atoms with Gasteiger partial charge in [-0.1, -0.05) is 30.3 Å². The molecule has 2 aromatic heterocycles. The van der Waals surface area contributed by atoms with Gasteiger partial charge in [0.2, 0.25) is 5.95 Å². The van der Waals surface area contributed by atoms with E-state index in [4.69, 9.17) is 14.7 Å². The minimum Gasteiger partial charge on any atom is -0.396 e. The highest BCUT2D eigenvalue weighted by atomic mass is 32.1. The molecule has 0 saturated carbocycles. The number of aliphatic hydroxyl groups excluding tert-OH is 1. The van der Waals surface area contributed by atoms with Crippen LogP contribution in [0.3, 0.4) is 0 Å². The minimum atomic E-state index is 0.279. The Balaban J connectivity index is 1.53. The molecule has 4 heterocycles. The molecule has 2 aliphatic heterocycles. The number of piperidine rings is 2. The molecule has 1 aromatic carbocycles. The molecule has 1 N–H and O–H groups in total. The zero-order valence-corrected chi connectivity index (χ0v) is 19.6. The first kappa shape index (κ1) is 21.6. The van der Waals surface area contributed by atoms with Gasteiger partial charge in [-0.15, -0.1) is 11.3 Å². The minimum absolute atomic E-state index is 0.279. The number of methoxy groups -OCH3 is 1. The maximum Gasteiger partial charge on any atom is 0.228 e. The van der Waals surface area contributed by atoms with Crippen LogP contribution in [0.5, 0.6) is 0 Å². The molecule has 32 heavy (non-hydrogen) atoms. The highest BCUT2D eigenvalue weighted by Crippen LogP contribution is 2.40. The van der Waals surface area contributed by atoms with Gasteiger partial charge in [-0.2, -0.15) is 4.98 Å². The number of rotatable bonds is 6. The van der Waals surface area contributed by atoms with E-state index >= 15 is 0 Å². The molecule has 0 aliphatic carbocycles. The monoisotopic (exact) mass is 452 g/mol. The summed E-state index contributed by atoms with van der Waals surface area (Å²) in [6.45, 7) is 4.92. The van der Waals surface area contributed by atoms with Gasteiger partial charge in [0.1, 0.15) is 10.6 Å². The third-order valence-electron chi connectivity index (χ3n) is 6.96. The molecule has 2 fully saturated rings. The van der Waals surface area contributed by atoms with Crippen molar-refractivity contribution in [2.24, 2.45) is 11.8 Å². The van der Waals surface area contributed by atoms with Crippen LogP contribution in [0.4, 0.5) is 11.8 Å². The Labute approximate surface area is 193 Å². The van der Waals surface area contributed by atoms with E-state index in [9.17, 15) is 5.11 Å². The van der Waals surface area contributed by atoms with Gasteiger partial charge in [-0.3, -0.25) is 0 Å². The lowest BCUT2D eigenvalue weighted by molar-refractivity contribution is 0.139. The molecule has 170 valence electrons. The van der Waals surface area contributed by atoms with Crippen molar-refractivity contribution in [1.82, 2.24) is 9.97 Å². The second-order valence-corrected chi connectivity index (χ2v) is 9.90. The van der Waals surface area contributed by atoms with Gasteiger partial charge < -0.3 is 19.6 Å². The van der Waals surface area contributed by atoms with Gasteiger partial charge in [0.15, 0.2) is 0 Å². The summed E-state index contributed by atoms with van der Waals surface area (Å²) in [5.74, 6) is 2.94. The van der Waals surface area contributed by atoms with Gasteiger partial charge in [-0.05, 0) is 43.1 Å². The number of anilines is 2. The van der Waals surface area contributed by atoms with Crippen molar-refractivity contribution in [1.29, 1.82) is 0 Å². The van der Waals surface area contributed by atoms with E-state index in [2.05, 4.69) is 45.5 Å². The molecular formula is C25H32N4O2S. The molecule has 2 aliphatic rings. The summed E-state index contributed by atoms with van der Waals surface area (Å²) < 4.78 is 5.41. The predicted octanol–water partition coefficient (Wildman–Crippen LogP) is 4.43. The van der Waals surface area contributed by atoms with Crippen LogP contribution in [0.15, 0.2) is 35.7 Å². The van der Waals surface area contributed by atoms with Crippen LogP contribution in [0.25, 0.3) is 21.3 Å². The summed E-state index contributed by atoms with van der Waals surface area (Å²) in [4.78, 5) is 16.0. The van der Waals surface area contributed by atoms with Crippen LogP contribution in [0, 0.1) is 11.8 Å². The molecule has 3 aromatic rings. The standard InChI is InChI=1S/C25H32N4O2S/c1-31-16-19-9-11-28(12-10-19)23-22-21(20-5-3-2-4-6-20)17-32-24(22)27-25(26-23)29-13-7-18(15-30)8-14-29/h2-6,17-19,30H,7-16H2,1H3. The van der Waals surface area contributed by atoms with Crippen LogP contribution in [0.1, 0.15) is 25.7 Å². The number of thiophene rings is 1. The summed E-state index contributed by atoms with van der Waals surface area (Å²) >= 11 is 1.71. The molecule has 5 rings (SSSR count). The number of nitrogens with zero attached hydrogens (tertiary/aromatic N) is 4. The molecule has 0 atom stereocenters. The Hall–Kier alpha value is -2.22. The molecule has 7 heteroatoms. The fraction of sp³-hybridized carbons (Fsp3) is 0.520. The summed E-state index contributed by atoms with van der Waals surface area (Å²) in [6.07, 6.45) is 4.24. The molecule has 0 unspecified atom stereocenters. The number of fused-ring (bicyclic) bond motifs is 1. The highest BCUT2D eigenvalue weighted by Gasteiger charge is 2.27. The first-order valence-electron chi connectivity index (χ1n) is 11.7. The van der Waals surface area contributed by atoms with Crippen LogP contribution >= 0.6 is 11.3 Å². The number of ether oxygens (including phenoxy) is 1.